The molecular formula is C19H15ClF3N5OS. The highest BCUT2D eigenvalue weighted by molar-refractivity contribution is 7.99. The number of rotatable bonds is 6. The molecule has 0 atom stereocenters. The lowest BCUT2D eigenvalue weighted by Gasteiger charge is -2.09. The number of hydrogen-bond acceptors (Lipinski definition) is 5. The molecular weight excluding hydrogens is 439 g/mol. The van der Waals surface area contributed by atoms with Crippen molar-refractivity contribution >= 4 is 35.1 Å². The smallest absolute Gasteiger partial charge is 0.309 e. The van der Waals surface area contributed by atoms with E-state index in [1.807, 2.05) is 30.3 Å². The van der Waals surface area contributed by atoms with Gasteiger partial charge in [-0.05, 0) is 31.0 Å². The Morgan fingerprint density at radius 3 is 2.63 bits per heavy atom. The monoisotopic (exact) mass is 453 g/mol. The highest BCUT2D eigenvalue weighted by atomic mass is 35.5. The summed E-state index contributed by atoms with van der Waals surface area (Å²) < 4.78 is 39.8. The molecule has 1 aliphatic carbocycles. The Kier molecular flexibility index (Phi) is 5.70. The van der Waals surface area contributed by atoms with Crippen molar-refractivity contribution in [3.8, 4) is 5.69 Å². The van der Waals surface area contributed by atoms with E-state index in [4.69, 9.17) is 11.6 Å². The van der Waals surface area contributed by atoms with E-state index in [9.17, 15) is 18.0 Å². The number of pyridine rings is 1. The first-order valence-corrected chi connectivity index (χ1v) is 10.4. The second-order valence-corrected chi connectivity index (χ2v) is 8.01. The molecule has 0 unspecified atom stereocenters. The number of amides is 1. The number of nitrogens with zero attached hydrogens (tertiary/aromatic N) is 4. The van der Waals surface area contributed by atoms with Crippen LogP contribution in [-0.2, 0) is 11.0 Å². The predicted octanol–water partition coefficient (Wildman–Crippen LogP) is 4.94. The molecule has 0 saturated heterocycles. The number of para-hydroxylation sites is 1. The molecule has 2 aromatic heterocycles. The van der Waals surface area contributed by atoms with Crippen molar-refractivity contribution in [2.24, 2.45) is 0 Å². The first-order valence-electron chi connectivity index (χ1n) is 8.99. The second kappa shape index (κ2) is 8.27. The normalized spacial score (nSPS) is 14.0. The number of hydrogen-bond donors (Lipinski definition) is 1. The highest BCUT2D eigenvalue weighted by Gasteiger charge is 2.32. The molecule has 156 valence electrons. The van der Waals surface area contributed by atoms with Gasteiger partial charge in [0.15, 0.2) is 5.82 Å². The van der Waals surface area contributed by atoms with Crippen LogP contribution in [-0.4, -0.2) is 31.4 Å². The molecule has 3 aromatic rings. The quantitative estimate of drug-likeness (QED) is 0.535. The maximum atomic E-state index is 12.7. The fourth-order valence-corrected chi connectivity index (χ4v) is 3.56. The lowest BCUT2D eigenvalue weighted by atomic mass is 10.3. The lowest BCUT2D eigenvalue weighted by Crippen LogP contribution is -2.16. The molecule has 11 heteroatoms. The number of anilines is 1. The number of carbonyl (C=O) groups is 1. The van der Waals surface area contributed by atoms with E-state index in [2.05, 4.69) is 20.4 Å². The Bertz CT molecular complexity index is 1070. The summed E-state index contributed by atoms with van der Waals surface area (Å²) in [6.07, 6.45) is -1.83. The summed E-state index contributed by atoms with van der Waals surface area (Å²) in [4.78, 5) is 20.4. The summed E-state index contributed by atoms with van der Waals surface area (Å²) >= 11 is 6.95. The van der Waals surface area contributed by atoms with Crippen LogP contribution < -0.4 is 5.32 Å². The first kappa shape index (κ1) is 20.7. The highest BCUT2D eigenvalue weighted by Crippen LogP contribution is 2.40. The Morgan fingerprint density at radius 2 is 2.00 bits per heavy atom. The summed E-state index contributed by atoms with van der Waals surface area (Å²) in [6, 6.07) is 10.3. The summed E-state index contributed by atoms with van der Waals surface area (Å²) in [7, 11) is 0. The molecule has 1 aliphatic rings. The molecule has 0 bridgehead atoms. The fraction of sp³-hybridized carbons (Fsp3) is 0.263. The van der Waals surface area contributed by atoms with Gasteiger partial charge in [-0.3, -0.25) is 4.79 Å². The standard InChI is InChI=1S/C19H15ClF3N5OS/c20-14-8-12(19(21,22)23)9-24-16(14)25-15(29)10-30-18-26-17(11-6-7-11)28(27-18)13-4-2-1-3-5-13/h1-5,8-9,11H,6-7,10H2,(H,24,25,29). The molecule has 1 aromatic carbocycles. The molecule has 1 fully saturated rings. The molecule has 0 radical (unpaired) electrons. The summed E-state index contributed by atoms with van der Waals surface area (Å²) in [6.45, 7) is 0. The van der Waals surface area contributed by atoms with Gasteiger partial charge >= 0.3 is 6.18 Å². The largest absolute Gasteiger partial charge is 0.417 e. The Balaban J connectivity index is 1.42. The number of alkyl halides is 3. The SMILES string of the molecule is O=C(CSc1nc(C2CC2)n(-c2ccccc2)n1)Nc1ncc(C(F)(F)F)cc1Cl. The number of carbonyl (C=O) groups excluding carboxylic acids is 1. The van der Waals surface area contributed by atoms with Crippen molar-refractivity contribution < 1.29 is 18.0 Å². The average Bonchev–Trinajstić information content (AvgIpc) is 3.47. The topological polar surface area (TPSA) is 72.7 Å². The third-order valence-electron chi connectivity index (χ3n) is 4.31. The number of nitrogens with one attached hydrogen (secondary N) is 1. The molecule has 2 heterocycles. The van der Waals surface area contributed by atoms with Crippen molar-refractivity contribution in [2.45, 2.75) is 30.1 Å². The minimum absolute atomic E-state index is 0.0397. The van der Waals surface area contributed by atoms with E-state index in [-0.39, 0.29) is 16.6 Å². The predicted molar refractivity (Wildman–Crippen MR) is 107 cm³/mol. The maximum Gasteiger partial charge on any atom is 0.417 e. The van der Waals surface area contributed by atoms with Crippen LogP contribution in [0.3, 0.4) is 0 Å². The zero-order valence-corrected chi connectivity index (χ0v) is 16.9. The molecule has 1 amide bonds. The van der Waals surface area contributed by atoms with Gasteiger partial charge in [0.25, 0.3) is 0 Å². The van der Waals surface area contributed by atoms with Crippen LogP contribution in [0, 0.1) is 0 Å². The van der Waals surface area contributed by atoms with E-state index < -0.39 is 17.6 Å². The molecule has 0 spiro atoms. The van der Waals surface area contributed by atoms with Gasteiger partial charge in [-0.2, -0.15) is 13.2 Å². The molecule has 0 aliphatic heterocycles. The van der Waals surface area contributed by atoms with E-state index in [1.165, 1.54) is 0 Å². The third-order valence-corrected chi connectivity index (χ3v) is 5.44. The van der Waals surface area contributed by atoms with Crippen LogP contribution in [0.1, 0.15) is 30.1 Å². The van der Waals surface area contributed by atoms with Crippen LogP contribution in [0.4, 0.5) is 19.0 Å². The Hall–Kier alpha value is -2.59. The molecule has 4 rings (SSSR count). The van der Waals surface area contributed by atoms with Crippen LogP contribution in [0.15, 0.2) is 47.8 Å². The summed E-state index contributed by atoms with van der Waals surface area (Å²) in [5, 5.41) is 7.07. The van der Waals surface area contributed by atoms with E-state index in [1.54, 1.807) is 4.68 Å². The van der Waals surface area contributed by atoms with Gasteiger partial charge in [0.1, 0.15) is 5.82 Å². The molecule has 1 saturated carbocycles. The maximum absolute atomic E-state index is 12.7. The Morgan fingerprint density at radius 1 is 1.27 bits per heavy atom. The minimum Gasteiger partial charge on any atom is -0.309 e. The van der Waals surface area contributed by atoms with Gasteiger partial charge in [0, 0.05) is 12.1 Å². The van der Waals surface area contributed by atoms with Gasteiger partial charge in [0.05, 0.1) is 22.0 Å². The lowest BCUT2D eigenvalue weighted by molar-refractivity contribution is -0.137. The van der Waals surface area contributed by atoms with Crippen molar-refractivity contribution in [3.63, 3.8) is 0 Å². The van der Waals surface area contributed by atoms with Crippen molar-refractivity contribution in [2.75, 3.05) is 11.1 Å². The van der Waals surface area contributed by atoms with Crippen LogP contribution in [0.25, 0.3) is 5.69 Å². The summed E-state index contributed by atoms with van der Waals surface area (Å²) in [5.74, 6) is 0.574. The van der Waals surface area contributed by atoms with E-state index in [0.29, 0.717) is 17.3 Å². The van der Waals surface area contributed by atoms with Crippen LogP contribution >= 0.6 is 23.4 Å². The first-order chi connectivity index (χ1) is 14.3. The molecule has 1 N–H and O–H groups in total. The zero-order valence-electron chi connectivity index (χ0n) is 15.4. The van der Waals surface area contributed by atoms with Gasteiger partial charge in [0.2, 0.25) is 11.1 Å². The zero-order chi connectivity index (χ0) is 21.3. The Labute approximate surface area is 178 Å². The second-order valence-electron chi connectivity index (χ2n) is 6.66. The summed E-state index contributed by atoms with van der Waals surface area (Å²) in [5.41, 5.74) is -0.0907. The van der Waals surface area contributed by atoms with Crippen LogP contribution in [0.2, 0.25) is 5.02 Å². The van der Waals surface area contributed by atoms with Crippen molar-refractivity contribution in [3.05, 3.63) is 59.0 Å². The fourth-order valence-electron chi connectivity index (χ4n) is 2.71. The molecule has 30 heavy (non-hydrogen) atoms. The van der Waals surface area contributed by atoms with Gasteiger partial charge in [-0.25, -0.2) is 14.6 Å². The minimum atomic E-state index is -4.56. The van der Waals surface area contributed by atoms with Gasteiger partial charge in [-0.1, -0.05) is 41.6 Å². The number of aromatic nitrogens is 4. The average molecular weight is 454 g/mol. The van der Waals surface area contributed by atoms with Gasteiger partial charge < -0.3 is 5.32 Å². The van der Waals surface area contributed by atoms with E-state index >= 15 is 0 Å². The van der Waals surface area contributed by atoms with Crippen molar-refractivity contribution in [1.29, 1.82) is 0 Å². The number of halogens is 4. The van der Waals surface area contributed by atoms with Crippen LogP contribution in [0.5, 0.6) is 0 Å². The van der Waals surface area contributed by atoms with Crippen molar-refractivity contribution in [1.82, 2.24) is 19.7 Å². The van der Waals surface area contributed by atoms with E-state index in [0.717, 1.165) is 42.2 Å². The third kappa shape index (κ3) is 4.76. The molecule has 6 nitrogen and oxygen atoms in total. The van der Waals surface area contributed by atoms with Gasteiger partial charge in [-0.15, -0.1) is 5.10 Å². The number of thioether (sulfide) groups is 1. The number of benzene rings is 1.